The maximum atomic E-state index is 14.2. The Balaban J connectivity index is 2.52. The van der Waals surface area contributed by atoms with Gasteiger partial charge in [-0.1, -0.05) is 74.0 Å². The highest BCUT2D eigenvalue weighted by atomic mass is 16.6. The van der Waals surface area contributed by atoms with Crippen molar-refractivity contribution in [3.8, 4) is 0 Å². The van der Waals surface area contributed by atoms with Crippen molar-refractivity contribution in [1.29, 1.82) is 0 Å². The number of nitrogens with one attached hydrogen (secondary N) is 2. The van der Waals surface area contributed by atoms with Gasteiger partial charge in [0.2, 0.25) is 11.8 Å². The van der Waals surface area contributed by atoms with Crippen LogP contribution in [0.15, 0.2) is 54.6 Å². The molecule has 9 nitrogen and oxygen atoms in total. The minimum atomic E-state index is -1.08. The number of esters is 1. The molecule has 0 heterocycles. The Morgan fingerprint density at radius 2 is 1.44 bits per heavy atom. The van der Waals surface area contributed by atoms with Crippen LogP contribution >= 0.6 is 0 Å². The lowest BCUT2D eigenvalue weighted by Gasteiger charge is -2.35. The first-order valence-electron chi connectivity index (χ1n) is 14.9. The van der Waals surface area contributed by atoms with Gasteiger partial charge in [0.05, 0.1) is 0 Å². The Morgan fingerprint density at radius 3 is 1.95 bits per heavy atom. The van der Waals surface area contributed by atoms with Gasteiger partial charge in [0.15, 0.2) is 0 Å². The number of likely N-dealkylation sites (N-methyl/N-ethyl adjacent to an activating group) is 1. The number of rotatable bonds is 11. The lowest BCUT2D eigenvalue weighted by atomic mass is 9.97. The predicted octanol–water partition coefficient (Wildman–Crippen LogP) is 5.50. The Hall–Kier alpha value is -3.88. The third-order valence-corrected chi connectivity index (χ3v) is 6.44. The SMILES string of the molecule is CCN(C(=O)C(NC(=O)OC(C)(C)C)C(C)C)C(C(=O)NC(Cc1ccccc1)C(=O)OC(C)(C)C)c1cccc(C)c1. The van der Waals surface area contributed by atoms with E-state index >= 15 is 0 Å². The fraction of sp³-hybridized carbons (Fsp3) is 0.529. The van der Waals surface area contributed by atoms with Gasteiger partial charge < -0.3 is 25.0 Å². The standard InChI is InChI=1S/C34H49N3O6/c1-11-37(30(39)27(22(2)3)36-32(41)43-34(8,9)10)28(25-19-15-16-23(4)20-25)29(38)35-26(31(40)42-33(5,6)7)21-24-17-13-12-14-18-24/h12-20,22,26-28H,11,21H2,1-10H3,(H,35,38)(H,36,41). The zero-order valence-electron chi connectivity index (χ0n) is 27.3. The van der Waals surface area contributed by atoms with Crippen molar-refractivity contribution in [3.05, 3.63) is 71.3 Å². The van der Waals surface area contributed by atoms with Gasteiger partial charge in [0.25, 0.3) is 0 Å². The minimum absolute atomic E-state index is 0.167. The molecule has 2 N–H and O–H groups in total. The largest absolute Gasteiger partial charge is 0.458 e. The molecule has 0 spiro atoms. The molecular weight excluding hydrogens is 546 g/mol. The van der Waals surface area contributed by atoms with Crippen molar-refractivity contribution in [2.75, 3.05) is 6.54 Å². The number of carbonyl (C=O) groups excluding carboxylic acids is 4. The zero-order chi connectivity index (χ0) is 32.5. The van der Waals surface area contributed by atoms with E-state index in [0.29, 0.717) is 5.56 Å². The molecule has 3 atom stereocenters. The van der Waals surface area contributed by atoms with Crippen LogP contribution in [0.2, 0.25) is 0 Å². The Labute approximate surface area is 256 Å². The molecular formula is C34H49N3O6. The molecule has 0 saturated heterocycles. The molecule has 236 valence electrons. The number of alkyl carbamates (subject to hydrolysis) is 1. The number of nitrogens with zero attached hydrogens (tertiary/aromatic N) is 1. The first-order chi connectivity index (χ1) is 19.9. The second-order valence-corrected chi connectivity index (χ2v) is 13.1. The van der Waals surface area contributed by atoms with Crippen LogP contribution in [-0.2, 0) is 30.3 Å². The number of hydrogen-bond acceptors (Lipinski definition) is 6. The summed E-state index contributed by atoms with van der Waals surface area (Å²) in [5, 5.41) is 5.60. The molecule has 2 aromatic rings. The Kier molecular flexibility index (Phi) is 12.3. The molecule has 0 saturated carbocycles. The Bertz CT molecular complexity index is 1250. The van der Waals surface area contributed by atoms with Gasteiger partial charge >= 0.3 is 12.1 Å². The van der Waals surface area contributed by atoms with Crippen LogP contribution in [0.25, 0.3) is 0 Å². The number of ether oxygens (including phenoxy) is 2. The lowest BCUT2D eigenvalue weighted by molar-refractivity contribution is -0.159. The summed E-state index contributed by atoms with van der Waals surface area (Å²) in [7, 11) is 0. The summed E-state index contributed by atoms with van der Waals surface area (Å²) in [6.45, 7) is 18.0. The van der Waals surface area contributed by atoms with Crippen LogP contribution < -0.4 is 10.6 Å². The molecule has 0 radical (unpaired) electrons. The number of benzene rings is 2. The van der Waals surface area contributed by atoms with Crippen molar-refractivity contribution in [2.45, 2.75) is 105 Å². The van der Waals surface area contributed by atoms with Gasteiger partial charge in [-0.3, -0.25) is 9.59 Å². The molecule has 0 aliphatic carbocycles. The van der Waals surface area contributed by atoms with Crippen LogP contribution in [0.4, 0.5) is 4.79 Å². The molecule has 0 aromatic heterocycles. The van der Waals surface area contributed by atoms with Gasteiger partial charge in [-0.25, -0.2) is 9.59 Å². The summed E-state index contributed by atoms with van der Waals surface area (Å²) in [6, 6.07) is 13.6. The fourth-order valence-corrected chi connectivity index (χ4v) is 4.57. The molecule has 9 heteroatoms. The summed E-state index contributed by atoms with van der Waals surface area (Å²) >= 11 is 0. The summed E-state index contributed by atoms with van der Waals surface area (Å²) in [5.41, 5.74) is 0.805. The van der Waals surface area contributed by atoms with E-state index in [1.807, 2.05) is 69.3 Å². The number of aryl methyl sites for hydroxylation is 1. The van der Waals surface area contributed by atoms with Crippen molar-refractivity contribution in [1.82, 2.24) is 15.5 Å². The normalized spacial score (nSPS) is 13.8. The quantitative estimate of drug-likeness (QED) is 0.332. The highest BCUT2D eigenvalue weighted by molar-refractivity contribution is 5.94. The van der Waals surface area contributed by atoms with Gasteiger partial charge in [-0.05, 0) is 72.4 Å². The van der Waals surface area contributed by atoms with Crippen LogP contribution in [0, 0.1) is 12.8 Å². The summed E-state index contributed by atoms with van der Waals surface area (Å²) in [4.78, 5) is 55.8. The topological polar surface area (TPSA) is 114 Å². The second-order valence-electron chi connectivity index (χ2n) is 13.1. The van der Waals surface area contributed by atoms with E-state index in [1.165, 1.54) is 4.90 Å². The first-order valence-corrected chi connectivity index (χ1v) is 14.9. The maximum Gasteiger partial charge on any atom is 0.408 e. The van der Waals surface area contributed by atoms with Crippen molar-refractivity contribution in [3.63, 3.8) is 0 Å². The lowest BCUT2D eigenvalue weighted by Crippen LogP contribution is -2.56. The van der Waals surface area contributed by atoms with Gasteiger partial charge in [0, 0.05) is 13.0 Å². The average molecular weight is 596 g/mol. The van der Waals surface area contributed by atoms with Crippen LogP contribution in [-0.4, -0.2) is 58.6 Å². The number of carbonyl (C=O) groups is 4. The van der Waals surface area contributed by atoms with Gasteiger partial charge in [0.1, 0.15) is 29.3 Å². The van der Waals surface area contributed by atoms with E-state index in [4.69, 9.17) is 9.47 Å². The van der Waals surface area contributed by atoms with Gasteiger partial charge in [-0.15, -0.1) is 0 Å². The average Bonchev–Trinajstić information content (AvgIpc) is 2.88. The van der Waals surface area contributed by atoms with Gasteiger partial charge in [-0.2, -0.15) is 0 Å². The highest BCUT2D eigenvalue weighted by Crippen LogP contribution is 2.25. The molecule has 0 aliphatic heterocycles. The summed E-state index contributed by atoms with van der Waals surface area (Å²) < 4.78 is 11.1. The molecule has 3 amide bonds. The predicted molar refractivity (Wildman–Crippen MR) is 167 cm³/mol. The number of hydrogen-bond donors (Lipinski definition) is 2. The highest BCUT2D eigenvalue weighted by Gasteiger charge is 2.38. The molecule has 2 rings (SSSR count). The Morgan fingerprint density at radius 1 is 0.837 bits per heavy atom. The zero-order valence-corrected chi connectivity index (χ0v) is 27.3. The van der Waals surface area contributed by atoms with Crippen molar-refractivity contribution >= 4 is 23.9 Å². The molecule has 0 aliphatic rings. The van der Waals surface area contributed by atoms with E-state index in [0.717, 1.165) is 11.1 Å². The summed E-state index contributed by atoms with van der Waals surface area (Å²) in [5.74, 6) is -1.86. The van der Waals surface area contributed by atoms with E-state index in [9.17, 15) is 19.2 Å². The van der Waals surface area contributed by atoms with E-state index in [-0.39, 0.29) is 18.9 Å². The maximum absolute atomic E-state index is 14.2. The van der Waals surface area contributed by atoms with Crippen molar-refractivity contribution in [2.24, 2.45) is 5.92 Å². The minimum Gasteiger partial charge on any atom is -0.458 e. The monoisotopic (exact) mass is 595 g/mol. The third-order valence-electron chi connectivity index (χ3n) is 6.44. The molecule has 0 bridgehead atoms. The molecule has 43 heavy (non-hydrogen) atoms. The van der Waals surface area contributed by atoms with Crippen LogP contribution in [0.1, 0.15) is 85.0 Å². The van der Waals surface area contributed by atoms with Crippen molar-refractivity contribution < 1.29 is 28.7 Å². The molecule has 2 aromatic carbocycles. The van der Waals surface area contributed by atoms with E-state index in [1.54, 1.807) is 54.5 Å². The molecule has 3 unspecified atom stereocenters. The van der Waals surface area contributed by atoms with Crippen LogP contribution in [0.3, 0.4) is 0 Å². The third kappa shape index (κ3) is 11.4. The number of amides is 3. The smallest absolute Gasteiger partial charge is 0.408 e. The molecule has 0 fully saturated rings. The fourth-order valence-electron chi connectivity index (χ4n) is 4.57. The summed E-state index contributed by atoms with van der Waals surface area (Å²) in [6.07, 6.45) is -0.517. The van der Waals surface area contributed by atoms with Crippen LogP contribution in [0.5, 0.6) is 0 Å². The van der Waals surface area contributed by atoms with E-state index in [2.05, 4.69) is 10.6 Å². The van der Waals surface area contributed by atoms with E-state index < -0.39 is 53.2 Å². The second kappa shape index (κ2) is 15.0. The first kappa shape index (κ1) is 35.3.